The molecule has 1 spiro atoms. The molecule has 0 saturated carbocycles. The van der Waals surface area contributed by atoms with Crippen LogP contribution in [0.4, 0.5) is 4.79 Å². The lowest BCUT2D eigenvalue weighted by Gasteiger charge is -2.30. The molecule has 3 fully saturated rings. The van der Waals surface area contributed by atoms with Gasteiger partial charge in [-0.1, -0.05) is 0 Å². The van der Waals surface area contributed by atoms with E-state index in [-0.39, 0.29) is 29.8 Å². The van der Waals surface area contributed by atoms with Crippen LogP contribution in [0.25, 0.3) is 0 Å². The van der Waals surface area contributed by atoms with E-state index in [4.69, 9.17) is 4.74 Å². The number of imide groups is 1. The highest BCUT2D eigenvalue weighted by Gasteiger charge is 2.52. The molecule has 1 N–H and O–H groups in total. The molecular formula is C15H23N3O4. The van der Waals surface area contributed by atoms with E-state index < -0.39 is 5.54 Å². The summed E-state index contributed by atoms with van der Waals surface area (Å²) in [5, 5.41) is 2.85. The van der Waals surface area contributed by atoms with E-state index in [9.17, 15) is 14.4 Å². The molecule has 0 radical (unpaired) electrons. The Hall–Kier alpha value is -1.63. The third-order valence-corrected chi connectivity index (χ3v) is 4.89. The van der Waals surface area contributed by atoms with Crippen LogP contribution in [0, 0.1) is 5.92 Å². The Kier molecular flexibility index (Phi) is 3.84. The van der Waals surface area contributed by atoms with Crippen molar-refractivity contribution < 1.29 is 19.1 Å². The van der Waals surface area contributed by atoms with Gasteiger partial charge < -0.3 is 15.0 Å². The fourth-order valence-electron chi connectivity index (χ4n) is 3.59. The van der Waals surface area contributed by atoms with Crippen molar-refractivity contribution in [3.05, 3.63) is 0 Å². The monoisotopic (exact) mass is 309 g/mol. The van der Waals surface area contributed by atoms with Gasteiger partial charge in [0.2, 0.25) is 5.91 Å². The van der Waals surface area contributed by atoms with Crippen molar-refractivity contribution >= 4 is 17.8 Å². The van der Waals surface area contributed by atoms with Gasteiger partial charge in [0.25, 0.3) is 5.91 Å². The maximum atomic E-state index is 12.7. The molecule has 3 heterocycles. The average molecular weight is 309 g/mol. The van der Waals surface area contributed by atoms with Gasteiger partial charge in [-0.3, -0.25) is 14.5 Å². The number of likely N-dealkylation sites (tertiary alicyclic amines) is 1. The largest absolute Gasteiger partial charge is 0.381 e. The first-order chi connectivity index (χ1) is 10.4. The predicted molar refractivity (Wildman–Crippen MR) is 78.0 cm³/mol. The van der Waals surface area contributed by atoms with Gasteiger partial charge in [-0.25, -0.2) is 4.79 Å². The zero-order valence-electron chi connectivity index (χ0n) is 13.1. The summed E-state index contributed by atoms with van der Waals surface area (Å²) in [6.07, 6.45) is 1.46. The lowest BCUT2D eigenvalue weighted by molar-refractivity contribution is -0.135. The summed E-state index contributed by atoms with van der Waals surface area (Å²) in [6.45, 7) is 5.87. The molecule has 3 aliphatic heterocycles. The van der Waals surface area contributed by atoms with Crippen molar-refractivity contribution in [2.75, 3.05) is 26.3 Å². The van der Waals surface area contributed by atoms with Crippen LogP contribution in [-0.4, -0.2) is 65.5 Å². The van der Waals surface area contributed by atoms with E-state index in [1.165, 1.54) is 4.90 Å². The van der Waals surface area contributed by atoms with Gasteiger partial charge in [0.1, 0.15) is 5.54 Å². The van der Waals surface area contributed by atoms with E-state index in [0.717, 1.165) is 0 Å². The number of nitrogens with one attached hydrogen (secondary N) is 1. The molecule has 0 aromatic carbocycles. The average Bonchev–Trinajstić information content (AvgIpc) is 2.94. The predicted octanol–water partition coefficient (Wildman–Crippen LogP) is 0.344. The van der Waals surface area contributed by atoms with Crippen LogP contribution in [0.15, 0.2) is 0 Å². The first-order valence-electron chi connectivity index (χ1n) is 7.94. The number of carbonyl (C=O) groups excluding carboxylic acids is 3. The van der Waals surface area contributed by atoms with Crippen molar-refractivity contribution in [3.8, 4) is 0 Å². The van der Waals surface area contributed by atoms with E-state index in [1.807, 2.05) is 18.7 Å². The normalized spacial score (nSPS) is 28.1. The summed E-state index contributed by atoms with van der Waals surface area (Å²) in [5.41, 5.74) is -0.782. The summed E-state index contributed by atoms with van der Waals surface area (Å²) in [6, 6.07) is -0.176. The Morgan fingerprint density at radius 1 is 1.27 bits per heavy atom. The molecule has 4 amide bonds. The summed E-state index contributed by atoms with van der Waals surface area (Å²) in [4.78, 5) is 39.9. The second-order valence-corrected chi connectivity index (χ2v) is 6.75. The number of carbonyl (C=O) groups is 3. The highest BCUT2D eigenvalue weighted by atomic mass is 16.5. The van der Waals surface area contributed by atoms with Crippen LogP contribution < -0.4 is 5.32 Å². The number of hydrogen-bond donors (Lipinski definition) is 1. The standard InChI is InChI=1S/C15H23N3O4/c1-10(2)17-8-11(7-12(17)19)9-18-13(20)15(16-14(18)21)3-5-22-6-4-15/h10-11H,3-9H2,1-2H3,(H,16,21). The molecule has 3 rings (SSSR count). The fourth-order valence-corrected chi connectivity index (χ4v) is 3.59. The molecule has 7 nitrogen and oxygen atoms in total. The minimum Gasteiger partial charge on any atom is -0.381 e. The number of amides is 4. The number of hydrogen-bond acceptors (Lipinski definition) is 4. The van der Waals surface area contributed by atoms with E-state index in [1.54, 1.807) is 0 Å². The Bertz CT molecular complexity index is 499. The molecule has 3 aliphatic rings. The van der Waals surface area contributed by atoms with Gasteiger partial charge in [0.05, 0.1) is 0 Å². The second kappa shape index (κ2) is 5.53. The first kappa shape index (κ1) is 15.3. The lowest BCUT2D eigenvalue weighted by atomic mass is 9.90. The molecule has 0 aromatic heterocycles. The molecule has 0 aliphatic carbocycles. The molecule has 22 heavy (non-hydrogen) atoms. The number of ether oxygens (including phenoxy) is 1. The van der Waals surface area contributed by atoms with E-state index in [2.05, 4.69) is 5.32 Å². The summed E-state index contributed by atoms with van der Waals surface area (Å²) < 4.78 is 5.29. The van der Waals surface area contributed by atoms with E-state index in [0.29, 0.717) is 45.6 Å². The highest BCUT2D eigenvalue weighted by molar-refractivity contribution is 6.07. The van der Waals surface area contributed by atoms with Crippen LogP contribution >= 0.6 is 0 Å². The van der Waals surface area contributed by atoms with Crippen LogP contribution in [0.1, 0.15) is 33.1 Å². The van der Waals surface area contributed by atoms with Crippen molar-refractivity contribution in [2.45, 2.75) is 44.7 Å². The van der Waals surface area contributed by atoms with Gasteiger partial charge >= 0.3 is 6.03 Å². The smallest absolute Gasteiger partial charge is 0.325 e. The summed E-state index contributed by atoms with van der Waals surface area (Å²) in [7, 11) is 0. The number of nitrogens with zero attached hydrogens (tertiary/aromatic N) is 2. The third-order valence-electron chi connectivity index (χ3n) is 4.89. The molecule has 7 heteroatoms. The Morgan fingerprint density at radius 2 is 1.95 bits per heavy atom. The van der Waals surface area contributed by atoms with Gasteiger partial charge in [-0.05, 0) is 13.8 Å². The Labute approximate surface area is 129 Å². The van der Waals surface area contributed by atoms with Crippen LogP contribution in [-0.2, 0) is 14.3 Å². The first-order valence-corrected chi connectivity index (χ1v) is 7.94. The zero-order valence-corrected chi connectivity index (χ0v) is 13.1. The van der Waals surface area contributed by atoms with Crippen molar-refractivity contribution in [1.29, 1.82) is 0 Å². The summed E-state index contributed by atoms with van der Waals surface area (Å²) >= 11 is 0. The Morgan fingerprint density at radius 3 is 2.55 bits per heavy atom. The van der Waals surface area contributed by atoms with Gasteiger partial charge in [-0.2, -0.15) is 0 Å². The van der Waals surface area contributed by atoms with Crippen LogP contribution in [0.5, 0.6) is 0 Å². The quantitative estimate of drug-likeness (QED) is 0.763. The minimum atomic E-state index is -0.782. The molecule has 0 bridgehead atoms. The second-order valence-electron chi connectivity index (χ2n) is 6.75. The van der Waals surface area contributed by atoms with Crippen LogP contribution in [0.3, 0.4) is 0 Å². The van der Waals surface area contributed by atoms with Crippen molar-refractivity contribution in [1.82, 2.24) is 15.1 Å². The molecule has 3 saturated heterocycles. The molecule has 122 valence electrons. The molecule has 0 aromatic rings. The number of urea groups is 1. The zero-order chi connectivity index (χ0) is 15.9. The lowest BCUT2D eigenvalue weighted by Crippen LogP contribution is -2.51. The van der Waals surface area contributed by atoms with Gasteiger partial charge in [0.15, 0.2) is 0 Å². The SMILES string of the molecule is CC(C)N1CC(CN2C(=O)NC3(CCOCC3)C2=O)CC1=O. The molecule has 1 atom stereocenters. The highest BCUT2D eigenvalue weighted by Crippen LogP contribution is 2.30. The van der Waals surface area contributed by atoms with Gasteiger partial charge in [-0.15, -0.1) is 0 Å². The summed E-state index contributed by atoms with van der Waals surface area (Å²) in [5.74, 6) is -0.0244. The van der Waals surface area contributed by atoms with Crippen molar-refractivity contribution in [3.63, 3.8) is 0 Å². The third kappa shape index (κ3) is 2.47. The van der Waals surface area contributed by atoms with Gasteiger partial charge in [0, 0.05) is 57.5 Å². The maximum Gasteiger partial charge on any atom is 0.325 e. The van der Waals surface area contributed by atoms with E-state index >= 15 is 0 Å². The van der Waals surface area contributed by atoms with Crippen molar-refractivity contribution in [2.24, 2.45) is 5.92 Å². The molecule has 1 unspecified atom stereocenters. The number of rotatable bonds is 3. The minimum absolute atomic E-state index is 0.0274. The van der Waals surface area contributed by atoms with Crippen LogP contribution in [0.2, 0.25) is 0 Å². The fraction of sp³-hybridized carbons (Fsp3) is 0.800. The molecular weight excluding hydrogens is 286 g/mol. The maximum absolute atomic E-state index is 12.7. The topological polar surface area (TPSA) is 79.0 Å². The Balaban J connectivity index is 1.67.